The zero-order valence-corrected chi connectivity index (χ0v) is 15.9. The second-order valence-corrected chi connectivity index (χ2v) is 8.02. The standard InChI is InChI=1S/C23H28FNO2/c1-27-20-10-8-18(9-11-20)22-21-7-2-3-12-23(21,26)13-14-25(22)16-17-5-4-6-19(24)15-17/h4-6,8-11,15,21-22,26H,2-3,7,12-14,16H2,1H3/t21-,22-,23-/m1/s1. The van der Waals surface area contributed by atoms with Crippen LogP contribution in [-0.4, -0.2) is 29.3 Å². The smallest absolute Gasteiger partial charge is 0.123 e. The number of aliphatic hydroxyl groups is 1. The molecule has 1 N–H and O–H groups in total. The first kappa shape index (κ1) is 18.5. The van der Waals surface area contributed by atoms with Crippen LogP contribution >= 0.6 is 0 Å². The highest BCUT2D eigenvalue weighted by Gasteiger charge is 2.48. The van der Waals surface area contributed by atoms with E-state index in [0.717, 1.165) is 50.0 Å². The number of likely N-dealkylation sites (tertiary alicyclic amines) is 1. The Morgan fingerprint density at radius 1 is 1.15 bits per heavy atom. The van der Waals surface area contributed by atoms with E-state index in [1.807, 2.05) is 18.2 Å². The van der Waals surface area contributed by atoms with Gasteiger partial charge in [-0.1, -0.05) is 37.1 Å². The van der Waals surface area contributed by atoms with Crippen molar-refractivity contribution < 1.29 is 14.2 Å². The maximum Gasteiger partial charge on any atom is 0.123 e. The van der Waals surface area contributed by atoms with Crippen molar-refractivity contribution in [1.82, 2.24) is 4.90 Å². The molecule has 0 unspecified atom stereocenters. The highest BCUT2D eigenvalue weighted by Crippen LogP contribution is 2.49. The molecule has 27 heavy (non-hydrogen) atoms. The van der Waals surface area contributed by atoms with Crippen LogP contribution in [0.3, 0.4) is 0 Å². The summed E-state index contributed by atoms with van der Waals surface area (Å²) in [5.41, 5.74) is 1.60. The largest absolute Gasteiger partial charge is 0.497 e. The Kier molecular flexibility index (Phi) is 5.20. The molecule has 2 aliphatic rings. The van der Waals surface area contributed by atoms with Crippen LogP contribution in [0.5, 0.6) is 5.75 Å². The van der Waals surface area contributed by atoms with Crippen LogP contribution in [0, 0.1) is 11.7 Å². The number of benzene rings is 2. The van der Waals surface area contributed by atoms with Gasteiger partial charge in [0.05, 0.1) is 12.7 Å². The molecule has 0 aromatic heterocycles. The number of rotatable bonds is 4. The van der Waals surface area contributed by atoms with Crippen molar-refractivity contribution in [3.8, 4) is 5.75 Å². The Hall–Kier alpha value is -1.91. The van der Waals surface area contributed by atoms with E-state index in [2.05, 4.69) is 17.0 Å². The van der Waals surface area contributed by atoms with Gasteiger partial charge in [0.25, 0.3) is 0 Å². The molecule has 0 bridgehead atoms. The summed E-state index contributed by atoms with van der Waals surface area (Å²) in [6.07, 6.45) is 4.98. The average Bonchev–Trinajstić information content (AvgIpc) is 2.68. The summed E-state index contributed by atoms with van der Waals surface area (Å²) >= 11 is 0. The monoisotopic (exact) mass is 369 g/mol. The Labute approximate surface area is 160 Å². The number of halogens is 1. The third-order valence-electron chi connectivity index (χ3n) is 6.40. The molecule has 3 atom stereocenters. The number of fused-ring (bicyclic) bond motifs is 1. The maximum atomic E-state index is 13.7. The number of hydrogen-bond donors (Lipinski definition) is 1. The van der Waals surface area contributed by atoms with Crippen LogP contribution in [0.2, 0.25) is 0 Å². The predicted molar refractivity (Wildman–Crippen MR) is 104 cm³/mol. The Bertz CT molecular complexity index is 778. The molecule has 2 fully saturated rings. The van der Waals surface area contributed by atoms with E-state index in [0.29, 0.717) is 6.54 Å². The Morgan fingerprint density at radius 3 is 2.70 bits per heavy atom. The van der Waals surface area contributed by atoms with Crippen LogP contribution in [-0.2, 0) is 6.54 Å². The van der Waals surface area contributed by atoms with Crippen molar-refractivity contribution in [3.05, 3.63) is 65.5 Å². The molecular formula is C23H28FNO2. The first-order chi connectivity index (χ1) is 13.1. The molecule has 1 aliphatic heterocycles. The van der Waals surface area contributed by atoms with Gasteiger partial charge in [0.2, 0.25) is 0 Å². The Balaban J connectivity index is 1.67. The molecular weight excluding hydrogens is 341 g/mol. The minimum Gasteiger partial charge on any atom is -0.497 e. The van der Waals surface area contributed by atoms with E-state index in [1.54, 1.807) is 19.2 Å². The lowest BCUT2D eigenvalue weighted by Crippen LogP contribution is -2.54. The molecule has 4 heteroatoms. The quantitative estimate of drug-likeness (QED) is 0.848. The van der Waals surface area contributed by atoms with Gasteiger partial charge < -0.3 is 9.84 Å². The fourth-order valence-electron chi connectivity index (χ4n) is 5.03. The van der Waals surface area contributed by atoms with E-state index in [4.69, 9.17) is 4.74 Å². The molecule has 0 radical (unpaired) electrons. The topological polar surface area (TPSA) is 32.7 Å². The minimum atomic E-state index is -0.582. The van der Waals surface area contributed by atoms with Crippen molar-refractivity contribution >= 4 is 0 Å². The van der Waals surface area contributed by atoms with Crippen LogP contribution in [0.1, 0.15) is 49.3 Å². The number of ether oxygens (including phenoxy) is 1. The zero-order valence-electron chi connectivity index (χ0n) is 15.9. The summed E-state index contributed by atoms with van der Waals surface area (Å²) in [6, 6.07) is 15.2. The van der Waals surface area contributed by atoms with Gasteiger partial charge in [-0.25, -0.2) is 4.39 Å². The molecule has 3 nitrogen and oxygen atoms in total. The second-order valence-electron chi connectivity index (χ2n) is 8.02. The lowest BCUT2D eigenvalue weighted by Gasteiger charge is -2.52. The van der Waals surface area contributed by atoms with Gasteiger partial charge >= 0.3 is 0 Å². The fraction of sp³-hybridized carbons (Fsp3) is 0.478. The lowest BCUT2D eigenvalue weighted by molar-refractivity contribution is -0.126. The third kappa shape index (κ3) is 3.74. The highest BCUT2D eigenvalue weighted by atomic mass is 19.1. The van der Waals surface area contributed by atoms with Gasteiger partial charge in [0.1, 0.15) is 11.6 Å². The first-order valence-corrected chi connectivity index (χ1v) is 9.94. The predicted octanol–water partition coefficient (Wildman–Crippen LogP) is 4.70. The number of piperidine rings is 1. The van der Waals surface area contributed by atoms with E-state index in [1.165, 1.54) is 11.6 Å². The van der Waals surface area contributed by atoms with Crippen LogP contribution in [0.15, 0.2) is 48.5 Å². The summed E-state index contributed by atoms with van der Waals surface area (Å²) in [5.74, 6) is 0.853. The molecule has 0 amide bonds. The van der Waals surface area contributed by atoms with Crippen molar-refractivity contribution in [1.29, 1.82) is 0 Å². The first-order valence-electron chi connectivity index (χ1n) is 9.94. The van der Waals surface area contributed by atoms with E-state index >= 15 is 0 Å². The van der Waals surface area contributed by atoms with Crippen molar-refractivity contribution in [3.63, 3.8) is 0 Å². The van der Waals surface area contributed by atoms with Gasteiger partial charge in [0.15, 0.2) is 0 Å². The summed E-state index contributed by atoms with van der Waals surface area (Å²) < 4.78 is 19.0. The minimum absolute atomic E-state index is 0.137. The normalized spacial score (nSPS) is 28.6. The Morgan fingerprint density at radius 2 is 1.96 bits per heavy atom. The third-order valence-corrected chi connectivity index (χ3v) is 6.40. The van der Waals surface area contributed by atoms with Gasteiger partial charge in [-0.15, -0.1) is 0 Å². The second kappa shape index (κ2) is 7.61. The van der Waals surface area contributed by atoms with Crippen molar-refractivity contribution in [2.45, 2.75) is 50.3 Å². The highest BCUT2D eigenvalue weighted by molar-refractivity contribution is 5.31. The number of methoxy groups -OCH3 is 1. The van der Waals surface area contributed by atoms with E-state index in [9.17, 15) is 9.50 Å². The lowest BCUT2D eigenvalue weighted by atomic mass is 9.66. The summed E-state index contributed by atoms with van der Waals surface area (Å²) in [4.78, 5) is 2.42. The SMILES string of the molecule is COc1ccc([C@@H]2[C@H]3CCCC[C@@]3(O)CCN2Cc2cccc(F)c2)cc1. The van der Waals surface area contributed by atoms with Crippen LogP contribution < -0.4 is 4.74 Å². The summed E-state index contributed by atoms with van der Waals surface area (Å²) in [7, 11) is 1.67. The van der Waals surface area contributed by atoms with Gasteiger partial charge in [-0.05, 0) is 54.7 Å². The molecule has 1 saturated carbocycles. The fourth-order valence-corrected chi connectivity index (χ4v) is 5.03. The molecule has 1 aliphatic carbocycles. The summed E-state index contributed by atoms with van der Waals surface area (Å²) in [6.45, 7) is 1.52. The maximum absolute atomic E-state index is 13.7. The van der Waals surface area contributed by atoms with Gasteiger partial charge in [0, 0.05) is 25.0 Å². The van der Waals surface area contributed by atoms with Crippen molar-refractivity contribution in [2.24, 2.45) is 5.92 Å². The number of nitrogens with zero attached hydrogens (tertiary/aromatic N) is 1. The molecule has 144 valence electrons. The summed E-state index contributed by atoms with van der Waals surface area (Å²) in [5, 5.41) is 11.3. The van der Waals surface area contributed by atoms with Gasteiger partial charge in [-0.2, -0.15) is 0 Å². The number of hydrogen-bond acceptors (Lipinski definition) is 3. The molecule has 2 aromatic rings. The van der Waals surface area contributed by atoms with Crippen molar-refractivity contribution in [2.75, 3.05) is 13.7 Å². The average molecular weight is 369 g/mol. The molecule has 1 saturated heterocycles. The zero-order chi connectivity index (χ0) is 18.9. The molecule has 2 aromatic carbocycles. The van der Waals surface area contributed by atoms with Gasteiger partial charge in [-0.3, -0.25) is 4.90 Å². The molecule has 1 heterocycles. The van der Waals surface area contributed by atoms with Crippen LogP contribution in [0.25, 0.3) is 0 Å². The molecule has 4 rings (SSSR count). The molecule has 0 spiro atoms. The van der Waals surface area contributed by atoms with E-state index < -0.39 is 5.60 Å². The van der Waals surface area contributed by atoms with E-state index in [-0.39, 0.29) is 17.8 Å². The van der Waals surface area contributed by atoms with Crippen LogP contribution in [0.4, 0.5) is 4.39 Å².